The van der Waals surface area contributed by atoms with Gasteiger partial charge in [-0.15, -0.1) is 0 Å². The second-order valence-corrected chi connectivity index (χ2v) is 4.12. The number of aromatic nitrogens is 2. The number of nitrogens with zero attached hydrogens (tertiary/aromatic N) is 2. The minimum atomic E-state index is -1.34. The number of carboxylic acids is 2. The molecular formula is C9H12N2O4. The van der Waals surface area contributed by atoms with Crippen molar-refractivity contribution in [2.75, 3.05) is 0 Å². The highest BCUT2D eigenvalue weighted by molar-refractivity contribution is 6.00. The van der Waals surface area contributed by atoms with Crippen LogP contribution < -0.4 is 0 Å². The minimum absolute atomic E-state index is 0.294. The number of carboxylic acid groups (broad SMARTS) is 2. The Kier molecular flexibility index (Phi) is 2.53. The van der Waals surface area contributed by atoms with Crippen LogP contribution in [0.1, 0.15) is 41.6 Å². The van der Waals surface area contributed by atoms with Crippen LogP contribution >= 0.6 is 0 Å². The maximum absolute atomic E-state index is 10.7. The molecular weight excluding hydrogens is 200 g/mol. The molecule has 0 saturated carbocycles. The van der Waals surface area contributed by atoms with Gasteiger partial charge in [-0.3, -0.25) is 4.68 Å². The van der Waals surface area contributed by atoms with Gasteiger partial charge in [-0.05, 0) is 20.8 Å². The van der Waals surface area contributed by atoms with Gasteiger partial charge in [0.1, 0.15) is 5.56 Å². The third-order valence-electron chi connectivity index (χ3n) is 1.83. The van der Waals surface area contributed by atoms with Gasteiger partial charge in [0.05, 0.1) is 5.54 Å². The fourth-order valence-corrected chi connectivity index (χ4v) is 1.03. The summed E-state index contributed by atoms with van der Waals surface area (Å²) in [6.45, 7) is 5.41. The van der Waals surface area contributed by atoms with Crippen LogP contribution in [0, 0.1) is 0 Å². The van der Waals surface area contributed by atoms with Crippen LogP contribution in [0.15, 0.2) is 6.20 Å². The lowest BCUT2D eigenvalue weighted by Crippen LogP contribution is -2.22. The van der Waals surface area contributed by atoms with Gasteiger partial charge in [0.15, 0.2) is 5.69 Å². The van der Waals surface area contributed by atoms with Crippen molar-refractivity contribution in [3.63, 3.8) is 0 Å². The van der Waals surface area contributed by atoms with Crippen LogP contribution in [-0.4, -0.2) is 31.9 Å². The molecule has 0 radical (unpaired) electrons. The molecule has 0 aliphatic carbocycles. The van der Waals surface area contributed by atoms with Crippen LogP contribution in [0.25, 0.3) is 0 Å². The van der Waals surface area contributed by atoms with E-state index in [9.17, 15) is 9.59 Å². The number of hydrogen-bond acceptors (Lipinski definition) is 3. The van der Waals surface area contributed by atoms with Gasteiger partial charge in [-0.2, -0.15) is 5.10 Å². The number of rotatable bonds is 2. The Hall–Kier alpha value is -1.85. The van der Waals surface area contributed by atoms with Crippen molar-refractivity contribution in [1.82, 2.24) is 9.78 Å². The van der Waals surface area contributed by atoms with Gasteiger partial charge in [0, 0.05) is 6.20 Å². The van der Waals surface area contributed by atoms with Gasteiger partial charge in [-0.25, -0.2) is 9.59 Å². The van der Waals surface area contributed by atoms with Gasteiger partial charge in [-0.1, -0.05) is 0 Å². The summed E-state index contributed by atoms with van der Waals surface area (Å²) in [5, 5.41) is 21.3. The molecule has 1 aromatic heterocycles. The maximum Gasteiger partial charge on any atom is 0.357 e. The average molecular weight is 212 g/mol. The summed E-state index contributed by atoms with van der Waals surface area (Å²) >= 11 is 0. The molecule has 15 heavy (non-hydrogen) atoms. The second-order valence-electron chi connectivity index (χ2n) is 4.12. The number of aromatic carboxylic acids is 2. The lowest BCUT2D eigenvalue weighted by Gasteiger charge is -2.18. The number of hydrogen-bond donors (Lipinski definition) is 2. The lowest BCUT2D eigenvalue weighted by molar-refractivity contribution is 0.0648. The SMILES string of the molecule is CC(C)(C)n1cc(C(=O)O)c(C(=O)O)n1. The van der Waals surface area contributed by atoms with E-state index < -0.39 is 23.2 Å². The first kappa shape index (κ1) is 11.2. The molecule has 0 aliphatic rings. The Morgan fingerprint density at radius 1 is 1.27 bits per heavy atom. The Morgan fingerprint density at radius 3 is 2.07 bits per heavy atom. The molecule has 0 aliphatic heterocycles. The third-order valence-corrected chi connectivity index (χ3v) is 1.83. The molecule has 0 atom stereocenters. The van der Waals surface area contributed by atoms with E-state index in [2.05, 4.69) is 5.10 Å². The van der Waals surface area contributed by atoms with E-state index in [4.69, 9.17) is 10.2 Å². The molecule has 82 valence electrons. The van der Waals surface area contributed by atoms with Crippen molar-refractivity contribution >= 4 is 11.9 Å². The Labute approximate surface area is 86.1 Å². The molecule has 6 nitrogen and oxygen atoms in total. The summed E-state index contributed by atoms with van der Waals surface area (Å²) in [7, 11) is 0. The topological polar surface area (TPSA) is 92.4 Å². The summed E-state index contributed by atoms with van der Waals surface area (Å²) in [5.41, 5.74) is -1.17. The van der Waals surface area contributed by atoms with Crippen molar-refractivity contribution in [3.05, 3.63) is 17.5 Å². The van der Waals surface area contributed by atoms with E-state index in [-0.39, 0.29) is 5.56 Å². The summed E-state index contributed by atoms with van der Waals surface area (Å²) in [5.74, 6) is -2.63. The lowest BCUT2D eigenvalue weighted by atomic mass is 10.1. The van der Waals surface area contributed by atoms with Crippen LogP contribution in [0.2, 0.25) is 0 Å². The Bertz CT molecular complexity index is 383. The van der Waals surface area contributed by atoms with Gasteiger partial charge >= 0.3 is 11.9 Å². The van der Waals surface area contributed by atoms with Crippen molar-refractivity contribution in [2.24, 2.45) is 0 Å². The quantitative estimate of drug-likeness (QED) is 0.763. The van der Waals surface area contributed by atoms with Gasteiger partial charge in [0.2, 0.25) is 0 Å². The predicted molar refractivity (Wildman–Crippen MR) is 51.1 cm³/mol. The molecule has 0 spiro atoms. The maximum atomic E-state index is 10.7. The predicted octanol–water partition coefficient (Wildman–Crippen LogP) is 1.03. The molecule has 1 rings (SSSR count). The van der Waals surface area contributed by atoms with E-state index in [1.165, 1.54) is 10.9 Å². The first-order valence-corrected chi connectivity index (χ1v) is 4.30. The van der Waals surface area contributed by atoms with Crippen LogP contribution in [0.5, 0.6) is 0 Å². The minimum Gasteiger partial charge on any atom is -0.478 e. The van der Waals surface area contributed by atoms with Crippen LogP contribution in [0.4, 0.5) is 0 Å². The van der Waals surface area contributed by atoms with E-state index in [0.717, 1.165) is 0 Å². The smallest absolute Gasteiger partial charge is 0.357 e. The monoisotopic (exact) mass is 212 g/mol. The highest BCUT2D eigenvalue weighted by Crippen LogP contribution is 2.16. The molecule has 0 aromatic carbocycles. The van der Waals surface area contributed by atoms with Crippen LogP contribution in [-0.2, 0) is 5.54 Å². The molecule has 2 N–H and O–H groups in total. The van der Waals surface area contributed by atoms with Gasteiger partial charge in [0.25, 0.3) is 0 Å². The summed E-state index contributed by atoms with van der Waals surface area (Å²) in [6.07, 6.45) is 1.23. The first-order chi connectivity index (χ1) is 6.73. The van der Waals surface area contributed by atoms with E-state index in [1.807, 2.05) is 0 Å². The zero-order valence-corrected chi connectivity index (χ0v) is 8.68. The van der Waals surface area contributed by atoms with E-state index >= 15 is 0 Å². The Balaban J connectivity index is 3.34. The summed E-state index contributed by atoms with van der Waals surface area (Å²) in [4.78, 5) is 21.5. The molecule has 0 unspecified atom stereocenters. The Morgan fingerprint density at radius 2 is 1.80 bits per heavy atom. The summed E-state index contributed by atoms with van der Waals surface area (Å²) in [6, 6.07) is 0. The zero-order chi connectivity index (χ0) is 11.8. The first-order valence-electron chi connectivity index (χ1n) is 4.30. The van der Waals surface area contributed by atoms with Crippen LogP contribution in [0.3, 0.4) is 0 Å². The largest absolute Gasteiger partial charge is 0.478 e. The van der Waals surface area contributed by atoms with Crippen molar-refractivity contribution < 1.29 is 19.8 Å². The molecule has 6 heteroatoms. The van der Waals surface area contributed by atoms with Gasteiger partial charge < -0.3 is 10.2 Å². The fraction of sp³-hybridized carbons (Fsp3) is 0.444. The van der Waals surface area contributed by atoms with E-state index in [0.29, 0.717) is 0 Å². The average Bonchev–Trinajstić information content (AvgIpc) is 2.45. The van der Waals surface area contributed by atoms with Crippen molar-refractivity contribution in [2.45, 2.75) is 26.3 Å². The van der Waals surface area contributed by atoms with E-state index in [1.54, 1.807) is 20.8 Å². The fourth-order valence-electron chi connectivity index (χ4n) is 1.03. The number of carbonyl (C=O) groups is 2. The highest BCUT2D eigenvalue weighted by atomic mass is 16.4. The molecule has 0 bridgehead atoms. The normalized spacial score (nSPS) is 11.4. The van der Waals surface area contributed by atoms with Crippen molar-refractivity contribution in [3.8, 4) is 0 Å². The summed E-state index contributed by atoms with van der Waals surface area (Å²) < 4.78 is 1.33. The molecule has 1 heterocycles. The molecule has 0 amide bonds. The standard InChI is InChI=1S/C9H12N2O4/c1-9(2,3)11-4-5(7(12)13)6(10-11)8(14)15/h4H,1-3H3,(H,12,13)(H,14,15). The molecule has 0 saturated heterocycles. The second kappa shape index (κ2) is 3.38. The third kappa shape index (κ3) is 2.15. The molecule has 0 fully saturated rings. The zero-order valence-electron chi connectivity index (χ0n) is 8.68. The molecule has 1 aromatic rings. The van der Waals surface area contributed by atoms with Crippen molar-refractivity contribution in [1.29, 1.82) is 0 Å². The highest BCUT2D eigenvalue weighted by Gasteiger charge is 2.24.